The van der Waals surface area contributed by atoms with Crippen LogP contribution in [0.3, 0.4) is 0 Å². The Hall–Kier alpha value is -3.53. The summed E-state index contributed by atoms with van der Waals surface area (Å²) in [5, 5.41) is 13.0. The van der Waals surface area contributed by atoms with Gasteiger partial charge in [-0.25, -0.2) is 13.8 Å². The van der Waals surface area contributed by atoms with Gasteiger partial charge in [0.25, 0.3) is 0 Å². The lowest BCUT2D eigenvalue weighted by Gasteiger charge is -2.29. The molecule has 1 aliphatic heterocycles. The zero-order chi connectivity index (χ0) is 24.9. The maximum Gasteiger partial charge on any atom is 0.250 e. The van der Waals surface area contributed by atoms with Crippen molar-refractivity contribution in [3.8, 4) is 17.0 Å². The SMILES string of the molecule is CNC[C@@]1(c2ccccc2)Cc2c(cc(F)c(Cl)c2-c2c(CO)nc3c(F)cc(C(N)=O)cn23)O1. The van der Waals surface area contributed by atoms with Crippen molar-refractivity contribution in [2.45, 2.75) is 18.6 Å². The largest absolute Gasteiger partial charge is 0.480 e. The number of fused-ring (bicyclic) bond motifs is 2. The van der Waals surface area contributed by atoms with E-state index >= 15 is 4.39 Å². The highest BCUT2D eigenvalue weighted by Gasteiger charge is 2.43. The molecule has 180 valence electrons. The van der Waals surface area contributed by atoms with Gasteiger partial charge in [0, 0.05) is 36.4 Å². The van der Waals surface area contributed by atoms with E-state index in [9.17, 15) is 14.3 Å². The molecule has 3 heterocycles. The van der Waals surface area contributed by atoms with Crippen molar-refractivity contribution in [3.63, 3.8) is 0 Å². The van der Waals surface area contributed by atoms with Gasteiger partial charge in [-0.05, 0) is 18.7 Å². The average Bonchev–Trinajstić information content (AvgIpc) is 3.40. The van der Waals surface area contributed by atoms with E-state index in [0.717, 1.165) is 11.6 Å². The second-order valence-corrected chi connectivity index (χ2v) is 8.77. The number of pyridine rings is 1. The van der Waals surface area contributed by atoms with Gasteiger partial charge in [0.1, 0.15) is 11.6 Å². The standard InChI is InChI=1S/C25H21ClF2N4O3/c1-30-12-25(14-5-3-2-4-6-14)9-15-19(35-25)8-16(27)21(26)20(15)22-18(11-33)31-24-17(28)7-13(23(29)34)10-32(22)24/h2-8,10,30,33H,9,11-12H2,1H3,(H2,29,34)/t25-/m1/s1. The maximum absolute atomic E-state index is 15.1. The van der Waals surface area contributed by atoms with E-state index in [0.29, 0.717) is 18.5 Å². The lowest BCUT2D eigenvalue weighted by molar-refractivity contribution is 0.0940. The number of aliphatic hydroxyl groups excluding tert-OH is 1. The Labute approximate surface area is 204 Å². The summed E-state index contributed by atoms with van der Waals surface area (Å²) in [6, 6.07) is 11.7. The Bertz CT molecular complexity index is 1480. The minimum Gasteiger partial charge on any atom is -0.480 e. The van der Waals surface area contributed by atoms with Crippen molar-refractivity contribution in [1.29, 1.82) is 0 Å². The van der Waals surface area contributed by atoms with Gasteiger partial charge < -0.3 is 20.9 Å². The Kier molecular flexibility index (Phi) is 5.71. The van der Waals surface area contributed by atoms with Crippen LogP contribution in [0.1, 0.15) is 27.2 Å². The quantitative estimate of drug-likeness (QED) is 0.377. The monoisotopic (exact) mass is 498 g/mol. The van der Waals surface area contributed by atoms with Gasteiger partial charge in [0.2, 0.25) is 5.91 Å². The molecule has 7 nitrogen and oxygen atoms in total. The molecule has 0 fully saturated rings. The van der Waals surface area contributed by atoms with Gasteiger partial charge >= 0.3 is 0 Å². The number of aliphatic hydroxyl groups is 1. The molecule has 0 unspecified atom stereocenters. The van der Waals surface area contributed by atoms with E-state index in [-0.39, 0.29) is 38.9 Å². The maximum atomic E-state index is 15.1. The number of hydrogen-bond acceptors (Lipinski definition) is 5. The van der Waals surface area contributed by atoms with Gasteiger partial charge in [-0.1, -0.05) is 41.9 Å². The fraction of sp³-hybridized carbons (Fsp3) is 0.200. The molecule has 1 atom stereocenters. The van der Waals surface area contributed by atoms with Crippen LogP contribution in [0.2, 0.25) is 5.02 Å². The van der Waals surface area contributed by atoms with Crippen molar-refractivity contribution in [2.75, 3.05) is 13.6 Å². The van der Waals surface area contributed by atoms with Crippen LogP contribution in [0.4, 0.5) is 8.78 Å². The molecule has 0 saturated carbocycles. The number of ether oxygens (including phenoxy) is 1. The molecule has 2 aromatic heterocycles. The Morgan fingerprint density at radius 1 is 1.29 bits per heavy atom. The second-order valence-electron chi connectivity index (χ2n) is 8.39. The molecule has 10 heteroatoms. The molecule has 5 rings (SSSR count). The number of hydrogen-bond donors (Lipinski definition) is 3. The van der Waals surface area contributed by atoms with Crippen molar-refractivity contribution < 1.29 is 23.4 Å². The fourth-order valence-corrected chi connectivity index (χ4v) is 4.99. The van der Waals surface area contributed by atoms with Crippen LogP contribution >= 0.6 is 11.6 Å². The van der Waals surface area contributed by atoms with Crippen LogP contribution in [0, 0.1) is 11.6 Å². The second kappa shape index (κ2) is 8.60. The molecule has 0 saturated heterocycles. The minimum atomic E-state index is -0.867. The predicted octanol–water partition coefficient (Wildman–Crippen LogP) is 3.57. The third-order valence-electron chi connectivity index (χ3n) is 6.23. The number of nitrogens with two attached hydrogens (primary N) is 1. The van der Waals surface area contributed by atoms with Crippen LogP contribution in [0.5, 0.6) is 5.75 Å². The number of aromatic nitrogens is 2. The molecule has 1 aliphatic rings. The van der Waals surface area contributed by atoms with Gasteiger partial charge in [0.15, 0.2) is 17.1 Å². The molecule has 0 spiro atoms. The van der Waals surface area contributed by atoms with Crippen LogP contribution in [-0.2, 0) is 18.6 Å². The summed E-state index contributed by atoms with van der Waals surface area (Å²) in [5.41, 5.74) is 6.09. The molecular weight excluding hydrogens is 478 g/mol. The zero-order valence-electron chi connectivity index (χ0n) is 18.6. The normalized spacial score (nSPS) is 16.9. The first-order valence-electron chi connectivity index (χ1n) is 10.8. The topological polar surface area (TPSA) is 102 Å². The third-order valence-corrected chi connectivity index (χ3v) is 6.60. The summed E-state index contributed by atoms with van der Waals surface area (Å²) in [4.78, 5) is 16.0. The first kappa shape index (κ1) is 23.2. The highest BCUT2D eigenvalue weighted by Crippen LogP contribution is 2.49. The van der Waals surface area contributed by atoms with Crippen LogP contribution in [0.25, 0.3) is 16.9 Å². The number of nitrogens with zero attached hydrogens (tertiary/aromatic N) is 2. The fourth-order valence-electron chi connectivity index (χ4n) is 4.74. The number of benzene rings is 2. The summed E-state index contributed by atoms with van der Waals surface area (Å²) < 4.78 is 37.6. The summed E-state index contributed by atoms with van der Waals surface area (Å²) in [7, 11) is 1.79. The van der Waals surface area contributed by atoms with E-state index in [1.165, 1.54) is 16.7 Å². The summed E-state index contributed by atoms with van der Waals surface area (Å²) >= 11 is 6.50. The van der Waals surface area contributed by atoms with Crippen LogP contribution in [-0.4, -0.2) is 34.0 Å². The Balaban J connectivity index is 1.80. The first-order chi connectivity index (χ1) is 16.8. The lowest BCUT2D eigenvalue weighted by Crippen LogP contribution is -2.41. The Morgan fingerprint density at radius 3 is 2.69 bits per heavy atom. The number of rotatable bonds is 6. The average molecular weight is 499 g/mol. The molecule has 0 aliphatic carbocycles. The molecule has 4 aromatic rings. The van der Waals surface area contributed by atoms with Crippen molar-refractivity contribution in [1.82, 2.24) is 14.7 Å². The molecule has 0 radical (unpaired) electrons. The van der Waals surface area contributed by atoms with Gasteiger partial charge in [-0.3, -0.25) is 9.20 Å². The lowest BCUT2D eigenvalue weighted by atomic mass is 9.87. The third kappa shape index (κ3) is 3.63. The predicted molar refractivity (Wildman–Crippen MR) is 126 cm³/mol. The summed E-state index contributed by atoms with van der Waals surface area (Å²) in [6.45, 7) is -0.171. The van der Waals surface area contributed by atoms with Crippen molar-refractivity contribution in [2.24, 2.45) is 5.73 Å². The zero-order valence-corrected chi connectivity index (χ0v) is 19.4. The smallest absolute Gasteiger partial charge is 0.250 e. The molecular formula is C25H21ClF2N4O3. The van der Waals surface area contributed by atoms with Crippen molar-refractivity contribution >= 4 is 23.2 Å². The Morgan fingerprint density at radius 2 is 2.03 bits per heavy atom. The highest BCUT2D eigenvalue weighted by molar-refractivity contribution is 6.33. The number of imidazole rings is 1. The van der Waals surface area contributed by atoms with E-state index in [1.54, 1.807) is 7.05 Å². The molecule has 35 heavy (non-hydrogen) atoms. The number of carbonyl (C=O) groups excluding carboxylic acids is 1. The number of primary amides is 1. The van der Waals surface area contributed by atoms with Gasteiger partial charge in [0.05, 0.1) is 28.6 Å². The number of nitrogens with one attached hydrogen (secondary N) is 1. The molecule has 1 amide bonds. The van der Waals surface area contributed by atoms with Crippen molar-refractivity contribution in [3.05, 3.63) is 87.7 Å². The van der Waals surface area contributed by atoms with E-state index < -0.39 is 29.7 Å². The van der Waals surface area contributed by atoms with E-state index in [1.807, 2.05) is 30.3 Å². The number of likely N-dealkylation sites (N-methyl/N-ethyl adjacent to an activating group) is 1. The first-order valence-corrected chi connectivity index (χ1v) is 11.2. The summed E-state index contributed by atoms with van der Waals surface area (Å²) in [6.07, 6.45) is 1.60. The van der Waals surface area contributed by atoms with Gasteiger partial charge in [-0.2, -0.15) is 0 Å². The van der Waals surface area contributed by atoms with Crippen LogP contribution < -0.4 is 15.8 Å². The van der Waals surface area contributed by atoms with E-state index in [2.05, 4.69) is 10.3 Å². The highest BCUT2D eigenvalue weighted by atomic mass is 35.5. The van der Waals surface area contributed by atoms with E-state index in [4.69, 9.17) is 22.1 Å². The molecule has 4 N–H and O–H groups in total. The van der Waals surface area contributed by atoms with Gasteiger partial charge in [-0.15, -0.1) is 0 Å². The number of carbonyl (C=O) groups is 1. The molecule has 0 bridgehead atoms. The minimum absolute atomic E-state index is 0.0612. The van der Waals surface area contributed by atoms with Crippen LogP contribution in [0.15, 0.2) is 48.7 Å². The number of amides is 1. The molecule has 2 aromatic carbocycles. The summed E-state index contributed by atoms with van der Waals surface area (Å²) in [5.74, 6) is -2.16. The number of halogens is 3.